The standard InChI is InChI=1S/C13H20FNO2S/c1-4-15-13(9-18(3,16)17)8-11-7-12(14)6-5-10(11)2/h5-7,13,15H,4,8-9H2,1-3H3. The highest BCUT2D eigenvalue weighted by atomic mass is 32.2. The molecule has 18 heavy (non-hydrogen) atoms. The van der Waals surface area contributed by atoms with E-state index < -0.39 is 9.84 Å². The van der Waals surface area contributed by atoms with Crippen molar-refractivity contribution in [2.75, 3.05) is 18.6 Å². The van der Waals surface area contributed by atoms with E-state index in [-0.39, 0.29) is 17.6 Å². The predicted octanol–water partition coefficient (Wildman–Crippen LogP) is 1.70. The van der Waals surface area contributed by atoms with E-state index in [2.05, 4.69) is 5.32 Å². The summed E-state index contributed by atoms with van der Waals surface area (Å²) in [5.41, 5.74) is 1.83. The van der Waals surface area contributed by atoms with Crippen LogP contribution in [0.5, 0.6) is 0 Å². The van der Waals surface area contributed by atoms with Crippen LogP contribution < -0.4 is 5.32 Å². The Morgan fingerprint density at radius 1 is 1.39 bits per heavy atom. The molecule has 1 aromatic carbocycles. The van der Waals surface area contributed by atoms with Crippen molar-refractivity contribution in [3.63, 3.8) is 0 Å². The average molecular weight is 273 g/mol. The zero-order valence-corrected chi connectivity index (χ0v) is 11.8. The molecule has 1 N–H and O–H groups in total. The minimum Gasteiger partial charge on any atom is -0.313 e. The summed E-state index contributed by atoms with van der Waals surface area (Å²) in [4.78, 5) is 0. The lowest BCUT2D eigenvalue weighted by molar-refractivity contribution is 0.542. The molecule has 5 heteroatoms. The third-order valence-corrected chi connectivity index (χ3v) is 3.78. The van der Waals surface area contributed by atoms with E-state index in [9.17, 15) is 12.8 Å². The molecule has 1 rings (SSSR count). The van der Waals surface area contributed by atoms with E-state index in [1.807, 2.05) is 13.8 Å². The summed E-state index contributed by atoms with van der Waals surface area (Å²) in [7, 11) is -3.04. The highest BCUT2D eigenvalue weighted by Gasteiger charge is 2.16. The second-order valence-electron chi connectivity index (χ2n) is 4.62. The molecular weight excluding hydrogens is 253 g/mol. The van der Waals surface area contributed by atoms with Crippen LogP contribution in [0.25, 0.3) is 0 Å². The number of hydrogen-bond acceptors (Lipinski definition) is 3. The van der Waals surface area contributed by atoms with Gasteiger partial charge in [-0.15, -0.1) is 0 Å². The van der Waals surface area contributed by atoms with E-state index in [0.717, 1.165) is 11.1 Å². The van der Waals surface area contributed by atoms with Crippen LogP contribution >= 0.6 is 0 Å². The lowest BCUT2D eigenvalue weighted by Crippen LogP contribution is -2.37. The summed E-state index contributed by atoms with van der Waals surface area (Å²) in [6.45, 7) is 4.51. The van der Waals surface area contributed by atoms with Crippen molar-refractivity contribution in [1.29, 1.82) is 0 Å². The highest BCUT2D eigenvalue weighted by molar-refractivity contribution is 7.90. The van der Waals surface area contributed by atoms with Gasteiger partial charge in [-0.2, -0.15) is 0 Å². The van der Waals surface area contributed by atoms with E-state index in [4.69, 9.17) is 0 Å². The first-order chi connectivity index (χ1) is 8.31. The molecule has 1 unspecified atom stereocenters. The topological polar surface area (TPSA) is 46.2 Å². The Labute approximate surface area is 108 Å². The Balaban J connectivity index is 2.85. The van der Waals surface area contributed by atoms with Gasteiger partial charge in [0, 0.05) is 12.3 Å². The Morgan fingerprint density at radius 3 is 2.61 bits per heavy atom. The summed E-state index contributed by atoms with van der Waals surface area (Å²) >= 11 is 0. The van der Waals surface area contributed by atoms with Gasteiger partial charge in [0.1, 0.15) is 15.7 Å². The molecule has 0 radical (unpaired) electrons. The maximum Gasteiger partial charge on any atom is 0.148 e. The van der Waals surface area contributed by atoms with Gasteiger partial charge in [0.25, 0.3) is 0 Å². The van der Waals surface area contributed by atoms with Crippen LogP contribution in [0.15, 0.2) is 18.2 Å². The zero-order valence-electron chi connectivity index (χ0n) is 11.0. The SMILES string of the molecule is CCNC(Cc1cc(F)ccc1C)CS(C)(=O)=O. The van der Waals surface area contributed by atoms with Crippen molar-refractivity contribution in [3.8, 4) is 0 Å². The van der Waals surface area contributed by atoms with Crippen LogP contribution in [0.1, 0.15) is 18.1 Å². The van der Waals surface area contributed by atoms with Crippen molar-refractivity contribution in [2.45, 2.75) is 26.3 Å². The van der Waals surface area contributed by atoms with Crippen molar-refractivity contribution in [1.82, 2.24) is 5.32 Å². The molecular formula is C13H20FNO2S. The molecule has 0 bridgehead atoms. The monoisotopic (exact) mass is 273 g/mol. The van der Waals surface area contributed by atoms with Gasteiger partial charge in [-0.3, -0.25) is 0 Å². The molecule has 0 saturated carbocycles. The Hall–Kier alpha value is -0.940. The quantitative estimate of drug-likeness (QED) is 0.858. The Kier molecular flexibility index (Phi) is 5.28. The van der Waals surface area contributed by atoms with Gasteiger partial charge < -0.3 is 5.32 Å². The molecule has 0 saturated heterocycles. The van der Waals surface area contributed by atoms with Crippen LogP contribution in [0.2, 0.25) is 0 Å². The first-order valence-corrected chi connectivity index (χ1v) is 8.04. The third kappa shape index (κ3) is 5.14. The van der Waals surface area contributed by atoms with Gasteiger partial charge in [0.2, 0.25) is 0 Å². The Morgan fingerprint density at radius 2 is 2.06 bits per heavy atom. The second-order valence-corrected chi connectivity index (χ2v) is 6.81. The number of likely N-dealkylation sites (N-methyl/N-ethyl adjacent to an activating group) is 1. The average Bonchev–Trinajstić information content (AvgIpc) is 2.21. The molecule has 1 atom stereocenters. The van der Waals surface area contributed by atoms with E-state index in [1.54, 1.807) is 6.07 Å². The summed E-state index contributed by atoms with van der Waals surface area (Å²) in [5, 5.41) is 3.13. The first-order valence-electron chi connectivity index (χ1n) is 5.98. The molecule has 0 heterocycles. The molecule has 0 amide bonds. The molecule has 102 valence electrons. The van der Waals surface area contributed by atoms with E-state index >= 15 is 0 Å². The fourth-order valence-electron chi connectivity index (χ4n) is 1.97. The number of hydrogen-bond donors (Lipinski definition) is 1. The van der Waals surface area contributed by atoms with Gasteiger partial charge in [0.05, 0.1) is 5.75 Å². The molecule has 0 aliphatic rings. The largest absolute Gasteiger partial charge is 0.313 e. The van der Waals surface area contributed by atoms with Gasteiger partial charge >= 0.3 is 0 Å². The van der Waals surface area contributed by atoms with Crippen LogP contribution in [0, 0.1) is 12.7 Å². The first kappa shape index (κ1) is 15.1. The number of sulfone groups is 1. The summed E-state index contributed by atoms with van der Waals surface area (Å²) in [6, 6.07) is 4.43. The normalized spacial score (nSPS) is 13.6. The number of aryl methyl sites for hydroxylation is 1. The highest BCUT2D eigenvalue weighted by Crippen LogP contribution is 2.13. The summed E-state index contributed by atoms with van der Waals surface area (Å²) in [5.74, 6) is -0.221. The summed E-state index contributed by atoms with van der Waals surface area (Å²) in [6.07, 6.45) is 1.74. The minimum absolute atomic E-state index is 0.0663. The predicted molar refractivity (Wildman–Crippen MR) is 72.0 cm³/mol. The Bertz CT molecular complexity index is 500. The van der Waals surface area contributed by atoms with Crippen molar-refractivity contribution >= 4 is 9.84 Å². The van der Waals surface area contributed by atoms with Gasteiger partial charge in [-0.1, -0.05) is 13.0 Å². The number of rotatable bonds is 6. The fraction of sp³-hybridized carbons (Fsp3) is 0.538. The molecule has 3 nitrogen and oxygen atoms in total. The smallest absolute Gasteiger partial charge is 0.148 e. The van der Waals surface area contributed by atoms with Crippen LogP contribution in [-0.4, -0.2) is 33.0 Å². The van der Waals surface area contributed by atoms with Crippen molar-refractivity contribution in [2.24, 2.45) is 0 Å². The van der Waals surface area contributed by atoms with Gasteiger partial charge in [-0.25, -0.2) is 12.8 Å². The fourth-order valence-corrected chi connectivity index (χ4v) is 2.94. The minimum atomic E-state index is -3.04. The van der Waals surface area contributed by atoms with Crippen LogP contribution in [0.4, 0.5) is 4.39 Å². The number of benzene rings is 1. The lowest BCUT2D eigenvalue weighted by atomic mass is 10.0. The van der Waals surface area contributed by atoms with Crippen LogP contribution in [0.3, 0.4) is 0 Å². The van der Waals surface area contributed by atoms with Crippen LogP contribution in [-0.2, 0) is 16.3 Å². The zero-order chi connectivity index (χ0) is 13.8. The van der Waals surface area contributed by atoms with E-state index in [1.165, 1.54) is 18.4 Å². The lowest BCUT2D eigenvalue weighted by Gasteiger charge is -2.18. The van der Waals surface area contributed by atoms with Gasteiger partial charge in [-0.05, 0) is 43.1 Å². The maximum atomic E-state index is 13.2. The van der Waals surface area contributed by atoms with E-state index in [0.29, 0.717) is 13.0 Å². The van der Waals surface area contributed by atoms with Gasteiger partial charge in [0.15, 0.2) is 0 Å². The van der Waals surface area contributed by atoms with Crippen molar-refractivity contribution in [3.05, 3.63) is 35.1 Å². The molecule has 0 fully saturated rings. The molecule has 0 aromatic heterocycles. The summed E-state index contributed by atoms with van der Waals surface area (Å²) < 4.78 is 35.9. The molecule has 0 aliphatic heterocycles. The molecule has 0 aliphatic carbocycles. The molecule has 1 aromatic rings. The molecule has 0 spiro atoms. The maximum absolute atomic E-state index is 13.2. The second kappa shape index (κ2) is 6.29. The third-order valence-electron chi connectivity index (χ3n) is 2.77. The number of nitrogens with one attached hydrogen (secondary N) is 1. The number of halogens is 1. The van der Waals surface area contributed by atoms with Crippen molar-refractivity contribution < 1.29 is 12.8 Å².